The predicted molar refractivity (Wildman–Crippen MR) is 166 cm³/mol. The third-order valence-electron chi connectivity index (χ3n) is 6.61. The lowest BCUT2D eigenvalue weighted by atomic mass is 10.1. The Labute approximate surface area is 269 Å². The maximum absolute atomic E-state index is 14.1. The zero-order valence-corrected chi connectivity index (χ0v) is 27.1. The van der Waals surface area contributed by atoms with Crippen LogP contribution in [0.2, 0.25) is 15.1 Å². The van der Waals surface area contributed by atoms with Crippen LogP contribution < -0.4 is 9.62 Å². The number of sulfonamides is 1. The number of nitrogens with one attached hydrogen (secondary N) is 1. The summed E-state index contributed by atoms with van der Waals surface area (Å²) in [5.41, 5.74) is -1.42. The number of halogens is 6. The molecule has 0 unspecified atom stereocenters. The summed E-state index contributed by atoms with van der Waals surface area (Å²) in [5, 5.41) is 2.54. The van der Waals surface area contributed by atoms with Gasteiger partial charge in [-0.2, -0.15) is 13.2 Å². The van der Waals surface area contributed by atoms with E-state index in [1.165, 1.54) is 24.3 Å². The number of benzene rings is 3. The van der Waals surface area contributed by atoms with Crippen molar-refractivity contribution in [1.82, 2.24) is 10.2 Å². The molecule has 0 spiro atoms. The maximum atomic E-state index is 14.1. The molecule has 2 amide bonds. The number of hydrogen-bond acceptors (Lipinski definition) is 4. The summed E-state index contributed by atoms with van der Waals surface area (Å²) in [4.78, 5) is 28.3. The van der Waals surface area contributed by atoms with Gasteiger partial charge in [-0.15, -0.1) is 0 Å². The van der Waals surface area contributed by atoms with Crippen molar-refractivity contribution in [3.8, 4) is 0 Å². The van der Waals surface area contributed by atoms with Gasteiger partial charge in [0.1, 0.15) is 12.6 Å². The van der Waals surface area contributed by atoms with E-state index in [1.54, 1.807) is 31.2 Å². The Morgan fingerprint density at radius 3 is 2.07 bits per heavy atom. The lowest BCUT2D eigenvalue weighted by Gasteiger charge is -2.34. The first-order valence-corrected chi connectivity index (χ1v) is 16.1. The summed E-state index contributed by atoms with van der Waals surface area (Å²) in [6.45, 7) is 4.53. The number of amides is 2. The van der Waals surface area contributed by atoms with Crippen molar-refractivity contribution >= 4 is 62.3 Å². The van der Waals surface area contributed by atoms with Crippen molar-refractivity contribution < 1.29 is 31.2 Å². The number of nitrogens with zero attached hydrogens (tertiary/aromatic N) is 2. The zero-order chi connectivity index (χ0) is 32.8. The van der Waals surface area contributed by atoms with E-state index in [0.29, 0.717) is 22.5 Å². The minimum atomic E-state index is -4.91. The van der Waals surface area contributed by atoms with Gasteiger partial charge in [0.2, 0.25) is 11.8 Å². The van der Waals surface area contributed by atoms with Crippen LogP contribution in [0.3, 0.4) is 0 Å². The Morgan fingerprint density at radius 2 is 1.52 bits per heavy atom. The summed E-state index contributed by atoms with van der Waals surface area (Å²) in [6.07, 6.45) is -4.78. The molecule has 44 heavy (non-hydrogen) atoms. The van der Waals surface area contributed by atoms with Crippen molar-refractivity contribution in [2.24, 2.45) is 5.92 Å². The van der Waals surface area contributed by atoms with E-state index in [4.69, 9.17) is 34.8 Å². The van der Waals surface area contributed by atoms with Crippen LogP contribution in [0.5, 0.6) is 0 Å². The maximum Gasteiger partial charge on any atom is 0.417 e. The van der Waals surface area contributed by atoms with Crippen LogP contribution in [0.1, 0.15) is 38.3 Å². The van der Waals surface area contributed by atoms with Crippen molar-refractivity contribution in [2.75, 3.05) is 17.4 Å². The molecule has 0 heterocycles. The number of alkyl halides is 3. The second kappa shape index (κ2) is 14.9. The zero-order valence-electron chi connectivity index (χ0n) is 24.0. The third kappa shape index (κ3) is 8.59. The van der Waals surface area contributed by atoms with Gasteiger partial charge in [-0.1, -0.05) is 79.8 Å². The minimum Gasteiger partial charge on any atom is -0.354 e. The molecule has 3 rings (SSSR count). The molecule has 3 aromatic carbocycles. The number of carbonyl (C=O) groups is 2. The van der Waals surface area contributed by atoms with Crippen LogP contribution in [0.4, 0.5) is 18.9 Å². The molecule has 0 aliphatic rings. The second-order valence-corrected chi connectivity index (χ2v) is 13.4. The van der Waals surface area contributed by atoms with Gasteiger partial charge in [-0.05, 0) is 54.8 Å². The lowest BCUT2D eigenvalue weighted by Crippen LogP contribution is -2.52. The molecule has 238 valence electrons. The Bertz CT molecular complexity index is 1570. The summed E-state index contributed by atoms with van der Waals surface area (Å²) in [6, 6.07) is 13.1. The lowest BCUT2D eigenvalue weighted by molar-refractivity contribution is -0.140. The molecule has 14 heteroatoms. The van der Waals surface area contributed by atoms with E-state index in [9.17, 15) is 31.2 Å². The van der Waals surface area contributed by atoms with Gasteiger partial charge >= 0.3 is 6.18 Å². The number of hydrogen-bond donors (Lipinski definition) is 1. The van der Waals surface area contributed by atoms with Gasteiger partial charge in [-0.3, -0.25) is 13.9 Å². The highest BCUT2D eigenvalue weighted by Gasteiger charge is 2.37. The fraction of sp³-hybridized carbons (Fsp3) is 0.333. The van der Waals surface area contributed by atoms with E-state index >= 15 is 0 Å². The highest BCUT2D eigenvalue weighted by Crippen LogP contribution is 2.38. The van der Waals surface area contributed by atoms with Crippen molar-refractivity contribution in [1.29, 1.82) is 0 Å². The molecule has 7 nitrogen and oxygen atoms in total. The van der Waals surface area contributed by atoms with Crippen molar-refractivity contribution in [3.63, 3.8) is 0 Å². The van der Waals surface area contributed by atoms with E-state index in [-0.39, 0.29) is 33.8 Å². The highest BCUT2D eigenvalue weighted by molar-refractivity contribution is 7.92. The first-order chi connectivity index (χ1) is 20.6. The highest BCUT2D eigenvalue weighted by atomic mass is 35.5. The van der Waals surface area contributed by atoms with Gasteiger partial charge in [0, 0.05) is 28.7 Å². The number of carbonyl (C=O) groups excluding carboxylic acids is 2. The van der Waals surface area contributed by atoms with Gasteiger partial charge < -0.3 is 10.2 Å². The minimum absolute atomic E-state index is 0.0952. The number of anilines is 1. The molecule has 1 N–H and O–H groups in total. The summed E-state index contributed by atoms with van der Waals surface area (Å²) >= 11 is 18.6. The normalized spacial score (nSPS) is 12.6. The molecule has 0 aliphatic heterocycles. The standard InChI is InChI=1S/C30H31Cl3F3N3O4S/c1-4-27(29(41)37-16-19(2)3)38(17-22-24(31)11-8-12-25(22)32)28(40)18-39(44(42,43)21-9-6-5-7-10-21)20-13-14-26(33)23(15-20)30(34,35)36/h5-15,19,27H,4,16-18H2,1-3H3,(H,37,41)/t27-/m0/s1. The van der Waals surface area contributed by atoms with Gasteiger partial charge in [0.15, 0.2) is 0 Å². The fourth-order valence-electron chi connectivity index (χ4n) is 4.33. The Kier molecular flexibility index (Phi) is 12.0. The van der Waals surface area contributed by atoms with E-state index in [0.717, 1.165) is 17.0 Å². The molecule has 0 fully saturated rings. The van der Waals surface area contributed by atoms with Crippen LogP contribution in [0.15, 0.2) is 71.6 Å². The Hall–Kier alpha value is -2.99. The largest absolute Gasteiger partial charge is 0.417 e. The molecule has 0 aliphatic carbocycles. The average molecular weight is 693 g/mol. The van der Waals surface area contributed by atoms with Crippen LogP contribution in [-0.4, -0.2) is 44.3 Å². The molecule has 3 aromatic rings. The number of rotatable bonds is 12. The van der Waals surface area contributed by atoms with Crippen molar-refractivity contribution in [2.45, 2.75) is 50.9 Å². The van der Waals surface area contributed by atoms with Crippen LogP contribution in [0, 0.1) is 5.92 Å². The molecule has 0 aromatic heterocycles. The summed E-state index contributed by atoms with van der Waals surface area (Å²) in [5.74, 6) is -1.28. The molecule has 1 atom stereocenters. The van der Waals surface area contributed by atoms with Gasteiger partial charge in [0.25, 0.3) is 10.0 Å². The molecule has 0 bridgehead atoms. The van der Waals surface area contributed by atoms with Crippen molar-refractivity contribution in [3.05, 3.63) is 92.9 Å². The van der Waals surface area contributed by atoms with E-state index in [2.05, 4.69) is 5.32 Å². The van der Waals surface area contributed by atoms with Crippen LogP contribution in [0.25, 0.3) is 0 Å². The van der Waals surface area contributed by atoms with Crippen LogP contribution in [-0.2, 0) is 32.3 Å². The average Bonchev–Trinajstić information content (AvgIpc) is 2.96. The molecule has 0 radical (unpaired) electrons. The molecular formula is C30H31Cl3F3N3O4S. The fourth-order valence-corrected chi connectivity index (χ4v) is 6.50. The molecule has 0 saturated heterocycles. The van der Waals surface area contributed by atoms with Gasteiger partial charge in [0.05, 0.1) is 21.2 Å². The van der Waals surface area contributed by atoms with E-state index in [1.807, 2.05) is 13.8 Å². The molecular weight excluding hydrogens is 662 g/mol. The SMILES string of the molecule is CC[C@@H](C(=O)NCC(C)C)N(Cc1c(Cl)cccc1Cl)C(=O)CN(c1ccc(Cl)c(C(F)(F)F)c1)S(=O)(=O)c1ccccc1. The quantitative estimate of drug-likeness (QED) is 0.214. The molecule has 0 saturated carbocycles. The second-order valence-electron chi connectivity index (χ2n) is 10.3. The Balaban J connectivity index is 2.16. The van der Waals surface area contributed by atoms with Gasteiger partial charge in [-0.25, -0.2) is 8.42 Å². The smallest absolute Gasteiger partial charge is 0.354 e. The first-order valence-electron chi connectivity index (χ1n) is 13.5. The predicted octanol–water partition coefficient (Wildman–Crippen LogP) is 7.44. The summed E-state index contributed by atoms with van der Waals surface area (Å²) < 4.78 is 69.7. The Morgan fingerprint density at radius 1 is 0.909 bits per heavy atom. The van der Waals surface area contributed by atoms with E-state index < -0.39 is 56.9 Å². The topological polar surface area (TPSA) is 86.8 Å². The van der Waals surface area contributed by atoms with Crippen LogP contribution >= 0.6 is 34.8 Å². The monoisotopic (exact) mass is 691 g/mol. The third-order valence-corrected chi connectivity index (χ3v) is 9.44. The first kappa shape index (κ1) is 35.5. The summed E-state index contributed by atoms with van der Waals surface area (Å²) in [7, 11) is -4.60.